The minimum absolute atomic E-state index is 0.0779. The molecule has 0 saturated carbocycles. The van der Waals surface area contributed by atoms with Gasteiger partial charge in [-0.15, -0.1) is 0 Å². The average molecular weight is 351 g/mol. The number of rotatable bonds is 12. The zero-order valence-corrected chi connectivity index (χ0v) is 16.4. The number of carbonyl (C=O) groups is 1. The van der Waals surface area contributed by atoms with Gasteiger partial charge in [0.05, 0.1) is 13.2 Å². The summed E-state index contributed by atoms with van der Waals surface area (Å²) >= 11 is 0. The average Bonchev–Trinajstić information content (AvgIpc) is 2.56. The van der Waals surface area contributed by atoms with Crippen LogP contribution in [0.15, 0.2) is 24.3 Å². The van der Waals surface area contributed by atoms with Crippen molar-refractivity contribution in [2.75, 3.05) is 26.3 Å². The van der Waals surface area contributed by atoms with Crippen LogP contribution in [0.2, 0.25) is 0 Å². The molecule has 0 spiro atoms. The maximum Gasteiger partial charge on any atom is 0.220 e. The molecule has 1 aromatic rings. The number of amides is 1. The van der Waals surface area contributed by atoms with Gasteiger partial charge in [0.1, 0.15) is 0 Å². The number of benzene rings is 1. The van der Waals surface area contributed by atoms with Gasteiger partial charge in [-0.25, -0.2) is 0 Å². The third kappa shape index (κ3) is 8.25. The van der Waals surface area contributed by atoms with Crippen LogP contribution in [0.4, 0.5) is 0 Å². The zero-order valence-electron chi connectivity index (χ0n) is 16.4. The van der Waals surface area contributed by atoms with Gasteiger partial charge in [-0.3, -0.25) is 9.69 Å². The topological polar surface area (TPSA) is 50.8 Å². The summed E-state index contributed by atoms with van der Waals surface area (Å²) < 4.78 is 11.3. The molecule has 0 bridgehead atoms. The molecule has 25 heavy (non-hydrogen) atoms. The number of ether oxygens (including phenoxy) is 2. The maximum absolute atomic E-state index is 11.9. The minimum Gasteiger partial charge on any atom is -0.490 e. The molecule has 0 aliphatic rings. The van der Waals surface area contributed by atoms with E-state index in [-0.39, 0.29) is 5.91 Å². The Hall–Kier alpha value is -1.75. The third-order valence-electron chi connectivity index (χ3n) is 3.97. The van der Waals surface area contributed by atoms with Gasteiger partial charge < -0.3 is 14.8 Å². The largest absolute Gasteiger partial charge is 0.490 e. The van der Waals surface area contributed by atoms with Gasteiger partial charge in [0.15, 0.2) is 11.5 Å². The molecule has 5 nitrogen and oxygen atoms in total. The first-order chi connectivity index (χ1) is 12.0. The number of nitrogens with one attached hydrogen (secondary N) is 1. The van der Waals surface area contributed by atoms with Crippen molar-refractivity contribution in [1.82, 2.24) is 10.2 Å². The number of para-hydroxylation sites is 2. The molecule has 0 aliphatic carbocycles. The first-order valence-electron chi connectivity index (χ1n) is 9.32. The van der Waals surface area contributed by atoms with E-state index in [0.29, 0.717) is 44.7 Å². The van der Waals surface area contributed by atoms with Gasteiger partial charge in [0.2, 0.25) is 5.91 Å². The van der Waals surface area contributed by atoms with Crippen molar-refractivity contribution in [3.8, 4) is 11.5 Å². The summed E-state index contributed by atoms with van der Waals surface area (Å²) in [6.45, 7) is 13.3. The summed E-state index contributed by atoms with van der Waals surface area (Å²) in [5.41, 5.74) is 0. The number of carbonyl (C=O) groups excluding carboxylic acids is 1. The van der Waals surface area contributed by atoms with Gasteiger partial charge in [-0.2, -0.15) is 0 Å². The van der Waals surface area contributed by atoms with E-state index in [2.05, 4.69) is 37.9 Å². The predicted molar refractivity (Wildman–Crippen MR) is 102 cm³/mol. The molecule has 1 amide bonds. The Kier molecular flexibility index (Phi) is 10.0. The summed E-state index contributed by atoms with van der Waals surface area (Å²) in [7, 11) is 0. The van der Waals surface area contributed by atoms with Gasteiger partial charge in [0, 0.05) is 31.6 Å². The van der Waals surface area contributed by atoms with Crippen molar-refractivity contribution < 1.29 is 14.3 Å². The van der Waals surface area contributed by atoms with Crippen LogP contribution < -0.4 is 14.8 Å². The first-order valence-corrected chi connectivity index (χ1v) is 9.32. The molecule has 5 heteroatoms. The molecule has 1 rings (SSSR count). The van der Waals surface area contributed by atoms with Crippen LogP contribution in [0.25, 0.3) is 0 Å². The molecular formula is C20H34N2O3. The highest BCUT2D eigenvalue weighted by molar-refractivity contribution is 5.75. The molecule has 0 aliphatic heterocycles. The fourth-order valence-corrected chi connectivity index (χ4v) is 2.78. The van der Waals surface area contributed by atoms with E-state index in [9.17, 15) is 4.79 Å². The van der Waals surface area contributed by atoms with Crippen molar-refractivity contribution in [1.29, 1.82) is 0 Å². The predicted octanol–water partition coefficient (Wildman–Crippen LogP) is 3.48. The van der Waals surface area contributed by atoms with Crippen molar-refractivity contribution in [2.24, 2.45) is 0 Å². The van der Waals surface area contributed by atoms with Crippen LogP contribution in [0, 0.1) is 0 Å². The van der Waals surface area contributed by atoms with E-state index in [1.54, 1.807) is 0 Å². The van der Waals surface area contributed by atoms with E-state index in [4.69, 9.17) is 9.47 Å². The molecule has 0 fully saturated rings. The van der Waals surface area contributed by atoms with Crippen molar-refractivity contribution >= 4 is 5.91 Å². The molecule has 0 aromatic heterocycles. The Bertz CT molecular complexity index is 495. The number of nitrogens with zero attached hydrogens (tertiary/aromatic N) is 1. The summed E-state index contributed by atoms with van der Waals surface area (Å²) in [6, 6.07) is 8.58. The SMILES string of the molecule is CCOc1ccccc1OCCCC(=O)NCCN(C(C)C)C(C)C. The van der Waals surface area contributed by atoms with E-state index in [1.165, 1.54) is 0 Å². The van der Waals surface area contributed by atoms with Crippen LogP contribution in [0.1, 0.15) is 47.5 Å². The molecule has 0 saturated heterocycles. The fourth-order valence-electron chi connectivity index (χ4n) is 2.78. The standard InChI is InChI=1S/C20H34N2O3/c1-6-24-18-10-7-8-11-19(18)25-15-9-12-20(23)21-13-14-22(16(2)3)17(4)5/h7-8,10-11,16-17H,6,9,12-15H2,1-5H3,(H,21,23). The van der Waals surface area contributed by atoms with Crippen LogP contribution >= 0.6 is 0 Å². The van der Waals surface area contributed by atoms with Crippen LogP contribution in [-0.2, 0) is 4.79 Å². The normalized spacial score (nSPS) is 11.2. The second kappa shape index (κ2) is 11.7. The summed E-state index contributed by atoms with van der Waals surface area (Å²) in [6.07, 6.45) is 1.16. The Labute approximate surface area is 152 Å². The third-order valence-corrected chi connectivity index (χ3v) is 3.97. The number of hydrogen-bond donors (Lipinski definition) is 1. The Balaban J connectivity index is 2.23. The molecule has 0 heterocycles. The van der Waals surface area contributed by atoms with E-state index in [1.807, 2.05) is 31.2 Å². The van der Waals surface area contributed by atoms with Gasteiger partial charge in [0.25, 0.3) is 0 Å². The van der Waals surface area contributed by atoms with E-state index < -0.39 is 0 Å². The van der Waals surface area contributed by atoms with Gasteiger partial charge in [-0.05, 0) is 53.2 Å². The highest BCUT2D eigenvalue weighted by Gasteiger charge is 2.13. The monoisotopic (exact) mass is 350 g/mol. The van der Waals surface area contributed by atoms with Crippen molar-refractivity contribution in [3.05, 3.63) is 24.3 Å². The lowest BCUT2D eigenvalue weighted by molar-refractivity contribution is -0.121. The lowest BCUT2D eigenvalue weighted by atomic mass is 10.2. The van der Waals surface area contributed by atoms with E-state index in [0.717, 1.165) is 18.0 Å². The fraction of sp³-hybridized carbons (Fsp3) is 0.650. The smallest absolute Gasteiger partial charge is 0.220 e. The summed E-state index contributed by atoms with van der Waals surface area (Å²) in [5, 5.41) is 2.99. The molecule has 1 aromatic carbocycles. The van der Waals surface area contributed by atoms with Crippen LogP contribution in [0.5, 0.6) is 11.5 Å². The second-order valence-corrected chi connectivity index (χ2v) is 6.61. The van der Waals surface area contributed by atoms with Gasteiger partial charge >= 0.3 is 0 Å². The second-order valence-electron chi connectivity index (χ2n) is 6.61. The summed E-state index contributed by atoms with van der Waals surface area (Å²) in [4.78, 5) is 14.3. The Morgan fingerprint density at radius 3 is 2.24 bits per heavy atom. The zero-order chi connectivity index (χ0) is 18.7. The minimum atomic E-state index is 0.0779. The molecule has 0 atom stereocenters. The van der Waals surface area contributed by atoms with Crippen LogP contribution in [-0.4, -0.2) is 49.2 Å². The molecular weight excluding hydrogens is 316 g/mol. The van der Waals surface area contributed by atoms with Crippen molar-refractivity contribution in [2.45, 2.75) is 59.5 Å². The quantitative estimate of drug-likeness (QED) is 0.586. The first kappa shape index (κ1) is 21.3. The number of hydrogen-bond acceptors (Lipinski definition) is 4. The highest BCUT2D eigenvalue weighted by atomic mass is 16.5. The molecule has 0 unspecified atom stereocenters. The van der Waals surface area contributed by atoms with Gasteiger partial charge in [-0.1, -0.05) is 12.1 Å². The summed E-state index contributed by atoms with van der Waals surface area (Å²) in [5.74, 6) is 1.56. The highest BCUT2D eigenvalue weighted by Crippen LogP contribution is 2.26. The van der Waals surface area contributed by atoms with Crippen LogP contribution in [0.3, 0.4) is 0 Å². The molecule has 0 radical (unpaired) electrons. The molecule has 1 N–H and O–H groups in total. The maximum atomic E-state index is 11.9. The molecule has 142 valence electrons. The lowest BCUT2D eigenvalue weighted by Gasteiger charge is -2.30. The Morgan fingerprint density at radius 1 is 1.08 bits per heavy atom. The van der Waals surface area contributed by atoms with E-state index >= 15 is 0 Å². The van der Waals surface area contributed by atoms with Crippen molar-refractivity contribution in [3.63, 3.8) is 0 Å². The Morgan fingerprint density at radius 2 is 1.68 bits per heavy atom. The lowest BCUT2D eigenvalue weighted by Crippen LogP contribution is -2.42.